The highest BCUT2D eigenvalue weighted by Gasteiger charge is 2.22. The summed E-state index contributed by atoms with van der Waals surface area (Å²) in [4.78, 5) is 13.0. The molecule has 2 heteroatoms. The number of ketones is 1. The lowest BCUT2D eigenvalue weighted by molar-refractivity contribution is 0.0959. The van der Waals surface area contributed by atoms with E-state index in [1.54, 1.807) is 24.3 Å². The number of carbonyl (C=O) groups is 1. The van der Waals surface area contributed by atoms with Gasteiger partial charge in [-0.25, -0.2) is 0 Å². The van der Waals surface area contributed by atoms with Gasteiger partial charge in [0, 0.05) is 10.6 Å². The van der Waals surface area contributed by atoms with E-state index in [0.717, 1.165) is 11.1 Å². The average molecular weight is 321 g/mol. The zero-order valence-corrected chi connectivity index (χ0v) is 13.4. The summed E-state index contributed by atoms with van der Waals surface area (Å²) in [5.41, 5.74) is 2.89. The smallest absolute Gasteiger partial charge is 0.170 e. The van der Waals surface area contributed by atoms with E-state index >= 15 is 0 Å². The third-order valence-corrected chi connectivity index (χ3v) is 4.18. The first-order chi connectivity index (χ1) is 11.2. The van der Waals surface area contributed by atoms with Crippen LogP contribution in [0.15, 0.2) is 84.9 Å². The molecule has 0 radical (unpaired) electrons. The minimum atomic E-state index is -0.195. The van der Waals surface area contributed by atoms with Crippen molar-refractivity contribution in [1.29, 1.82) is 0 Å². The van der Waals surface area contributed by atoms with E-state index < -0.39 is 0 Å². The Morgan fingerprint density at radius 1 is 0.783 bits per heavy atom. The van der Waals surface area contributed by atoms with Gasteiger partial charge in [-0.2, -0.15) is 0 Å². The van der Waals surface area contributed by atoms with Gasteiger partial charge in [0.05, 0.1) is 5.92 Å². The molecule has 3 aromatic rings. The predicted octanol–water partition coefficient (Wildman–Crippen LogP) is 5.55. The van der Waals surface area contributed by atoms with E-state index in [2.05, 4.69) is 12.1 Å². The van der Waals surface area contributed by atoms with Crippen molar-refractivity contribution < 1.29 is 4.79 Å². The van der Waals surface area contributed by atoms with Crippen LogP contribution in [-0.2, 0) is 6.42 Å². The van der Waals surface area contributed by atoms with Crippen molar-refractivity contribution in [2.75, 3.05) is 0 Å². The van der Waals surface area contributed by atoms with Crippen molar-refractivity contribution in [2.24, 2.45) is 0 Å². The molecule has 1 atom stereocenters. The number of rotatable bonds is 5. The van der Waals surface area contributed by atoms with Gasteiger partial charge in [-0.1, -0.05) is 72.3 Å². The molecule has 23 heavy (non-hydrogen) atoms. The van der Waals surface area contributed by atoms with Crippen LogP contribution < -0.4 is 0 Å². The van der Waals surface area contributed by atoms with Crippen molar-refractivity contribution in [1.82, 2.24) is 0 Å². The molecule has 0 aliphatic rings. The molecule has 0 N–H and O–H groups in total. The molecule has 0 heterocycles. The molecule has 1 nitrogen and oxygen atoms in total. The predicted molar refractivity (Wildman–Crippen MR) is 95.1 cm³/mol. The SMILES string of the molecule is O=C(c1ccc(Cl)cc1)C(Cc1ccccc1)c1ccccc1. The minimum Gasteiger partial charge on any atom is -0.293 e. The fourth-order valence-corrected chi connectivity index (χ4v) is 2.84. The van der Waals surface area contributed by atoms with Crippen LogP contribution in [0, 0.1) is 0 Å². The Morgan fingerprint density at radius 2 is 1.35 bits per heavy atom. The van der Waals surface area contributed by atoms with Crippen LogP contribution in [0.4, 0.5) is 0 Å². The van der Waals surface area contributed by atoms with Gasteiger partial charge in [-0.15, -0.1) is 0 Å². The van der Waals surface area contributed by atoms with Gasteiger partial charge in [-0.3, -0.25) is 4.79 Å². The quantitative estimate of drug-likeness (QED) is 0.563. The number of hydrogen-bond donors (Lipinski definition) is 0. The first-order valence-corrected chi connectivity index (χ1v) is 8.00. The Balaban J connectivity index is 1.94. The summed E-state index contributed by atoms with van der Waals surface area (Å²) in [6.45, 7) is 0. The van der Waals surface area contributed by atoms with Gasteiger partial charge in [0.1, 0.15) is 0 Å². The van der Waals surface area contributed by atoms with E-state index in [1.807, 2.05) is 48.5 Å². The van der Waals surface area contributed by atoms with Gasteiger partial charge in [0.15, 0.2) is 5.78 Å². The Bertz CT molecular complexity index is 764. The van der Waals surface area contributed by atoms with Crippen molar-refractivity contribution >= 4 is 17.4 Å². The second-order valence-corrected chi connectivity index (χ2v) is 5.96. The van der Waals surface area contributed by atoms with Crippen LogP contribution in [0.5, 0.6) is 0 Å². The fourth-order valence-electron chi connectivity index (χ4n) is 2.71. The van der Waals surface area contributed by atoms with Crippen LogP contribution in [0.1, 0.15) is 27.4 Å². The second kappa shape index (κ2) is 7.26. The van der Waals surface area contributed by atoms with Gasteiger partial charge in [0.25, 0.3) is 0 Å². The Labute approximate surface area is 141 Å². The zero-order chi connectivity index (χ0) is 16.1. The molecular weight excluding hydrogens is 304 g/mol. The van der Waals surface area contributed by atoms with Crippen LogP contribution in [0.2, 0.25) is 5.02 Å². The highest BCUT2D eigenvalue weighted by Crippen LogP contribution is 2.26. The van der Waals surface area contributed by atoms with E-state index in [0.29, 0.717) is 17.0 Å². The van der Waals surface area contributed by atoms with E-state index in [1.165, 1.54) is 0 Å². The first-order valence-electron chi connectivity index (χ1n) is 7.62. The second-order valence-electron chi connectivity index (χ2n) is 5.52. The maximum Gasteiger partial charge on any atom is 0.170 e. The molecule has 0 saturated carbocycles. The molecule has 114 valence electrons. The molecule has 1 unspecified atom stereocenters. The maximum atomic E-state index is 13.0. The number of carbonyl (C=O) groups excluding carboxylic acids is 1. The summed E-state index contributed by atoms with van der Waals surface area (Å²) in [6, 6.07) is 27.2. The van der Waals surface area contributed by atoms with E-state index in [4.69, 9.17) is 11.6 Å². The minimum absolute atomic E-state index is 0.122. The fraction of sp³-hybridized carbons (Fsp3) is 0.0952. The first kappa shape index (κ1) is 15.5. The normalized spacial score (nSPS) is 11.9. The monoisotopic (exact) mass is 320 g/mol. The summed E-state index contributed by atoms with van der Waals surface area (Å²) in [5.74, 6) is -0.0727. The molecule has 3 aromatic carbocycles. The van der Waals surface area contributed by atoms with E-state index in [9.17, 15) is 4.79 Å². The number of halogens is 1. The Kier molecular flexibility index (Phi) is 4.89. The highest BCUT2D eigenvalue weighted by molar-refractivity contribution is 6.30. The third-order valence-electron chi connectivity index (χ3n) is 3.93. The van der Waals surface area contributed by atoms with Gasteiger partial charge < -0.3 is 0 Å². The molecule has 0 aromatic heterocycles. The van der Waals surface area contributed by atoms with Crippen molar-refractivity contribution in [3.63, 3.8) is 0 Å². The van der Waals surface area contributed by atoms with Gasteiger partial charge in [-0.05, 0) is 41.8 Å². The molecule has 0 spiro atoms. The average Bonchev–Trinajstić information content (AvgIpc) is 2.61. The van der Waals surface area contributed by atoms with Crippen LogP contribution in [-0.4, -0.2) is 5.78 Å². The highest BCUT2D eigenvalue weighted by atomic mass is 35.5. The van der Waals surface area contributed by atoms with Crippen LogP contribution in [0.3, 0.4) is 0 Å². The van der Waals surface area contributed by atoms with Crippen molar-refractivity contribution in [3.8, 4) is 0 Å². The number of Topliss-reactive ketones (excluding diaryl/α,β-unsaturated/α-hetero) is 1. The molecule has 0 bridgehead atoms. The van der Waals surface area contributed by atoms with Crippen molar-refractivity contribution in [2.45, 2.75) is 12.3 Å². The molecular formula is C21H17ClO. The standard InChI is InChI=1S/C21H17ClO/c22-19-13-11-18(12-14-19)21(23)20(17-9-5-2-6-10-17)15-16-7-3-1-4-8-16/h1-14,20H,15H2. The number of hydrogen-bond acceptors (Lipinski definition) is 1. The molecule has 0 amide bonds. The third kappa shape index (κ3) is 3.88. The Hall–Kier alpha value is -2.38. The lowest BCUT2D eigenvalue weighted by Gasteiger charge is -2.17. The molecule has 0 fully saturated rings. The van der Waals surface area contributed by atoms with Crippen LogP contribution in [0.25, 0.3) is 0 Å². The zero-order valence-electron chi connectivity index (χ0n) is 12.7. The summed E-state index contributed by atoms with van der Waals surface area (Å²) >= 11 is 5.93. The summed E-state index contributed by atoms with van der Waals surface area (Å²) in [7, 11) is 0. The molecule has 0 saturated heterocycles. The lowest BCUT2D eigenvalue weighted by atomic mass is 9.85. The molecule has 0 aliphatic carbocycles. The lowest BCUT2D eigenvalue weighted by Crippen LogP contribution is -2.15. The van der Waals surface area contributed by atoms with Crippen LogP contribution >= 0.6 is 11.6 Å². The van der Waals surface area contributed by atoms with E-state index in [-0.39, 0.29) is 11.7 Å². The topological polar surface area (TPSA) is 17.1 Å². The molecule has 0 aliphatic heterocycles. The number of benzene rings is 3. The summed E-state index contributed by atoms with van der Waals surface area (Å²) in [5, 5.41) is 0.640. The van der Waals surface area contributed by atoms with Gasteiger partial charge >= 0.3 is 0 Å². The Morgan fingerprint density at radius 3 is 1.96 bits per heavy atom. The largest absolute Gasteiger partial charge is 0.293 e. The maximum absolute atomic E-state index is 13.0. The summed E-state index contributed by atoms with van der Waals surface area (Å²) in [6.07, 6.45) is 0.687. The van der Waals surface area contributed by atoms with Crippen molar-refractivity contribution in [3.05, 3.63) is 107 Å². The summed E-state index contributed by atoms with van der Waals surface area (Å²) < 4.78 is 0. The van der Waals surface area contributed by atoms with Gasteiger partial charge in [0.2, 0.25) is 0 Å². The molecule has 3 rings (SSSR count).